The van der Waals surface area contributed by atoms with Crippen LogP contribution in [0.2, 0.25) is 0 Å². The molecule has 0 spiro atoms. The lowest BCUT2D eigenvalue weighted by Gasteiger charge is -2.19. The molecule has 4 nitrogen and oxygen atoms in total. The first kappa shape index (κ1) is 15.6. The number of carbonyl (C=O) groups is 1. The molecule has 0 saturated heterocycles. The zero-order valence-corrected chi connectivity index (χ0v) is 13.1. The number of hydrogen-bond acceptors (Lipinski definition) is 3. The average Bonchev–Trinajstić information content (AvgIpc) is 2.87. The number of esters is 1. The molecule has 0 saturated carbocycles. The van der Waals surface area contributed by atoms with E-state index in [2.05, 4.69) is 29.8 Å². The third-order valence-electron chi connectivity index (χ3n) is 3.70. The first-order valence-electron chi connectivity index (χ1n) is 7.65. The van der Waals surface area contributed by atoms with E-state index in [0.29, 0.717) is 5.75 Å². The summed E-state index contributed by atoms with van der Waals surface area (Å²) < 4.78 is 5.25. The van der Waals surface area contributed by atoms with Crippen molar-refractivity contribution in [1.82, 2.24) is 9.88 Å². The van der Waals surface area contributed by atoms with E-state index in [4.69, 9.17) is 4.74 Å². The second kappa shape index (κ2) is 7.27. The van der Waals surface area contributed by atoms with Gasteiger partial charge < -0.3 is 14.6 Å². The van der Waals surface area contributed by atoms with E-state index >= 15 is 0 Å². The van der Waals surface area contributed by atoms with Crippen LogP contribution < -0.4 is 4.74 Å². The molecule has 0 aliphatic rings. The quantitative estimate of drug-likeness (QED) is 0.627. The fourth-order valence-corrected chi connectivity index (χ4v) is 2.65. The number of fused-ring (bicyclic) bond motifs is 1. The van der Waals surface area contributed by atoms with Gasteiger partial charge >= 0.3 is 5.97 Å². The highest BCUT2D eigenvalue weighted by Gasteiger charge is 2.10. The molecule has 0 amide bonds. The lowest BCUT2D eigenvalue weighted by atomic mass is 10.1. The number of para-hydroxylation sites is 1. The van der Waals surface area contributed by atoms with E-state index in [0.717, 1.165) is 37.0 Å². The molecule has 0 unspecified atom stereocenters. The van der Waals surface area contributed by atoms with E-state index < -0.39 is 0 Å². The number of rotatable bonds is 7. The van der Waals surface area contributed by atoms with Gasteiger partial charge in [-0.25, -0.2) is 0 Å². The maximum Gasteiger partial charge on any atom is 0.308 e. The fourth-order valence-electron chi connectivity index (χ4n) is 2.65. The van der Waals surface area contributed by atoms with Gasteiger partial charge in [-0.3, -0.25) is 4.79 Å². The summed E-state index contributed by atoms with van der Waals surface area (Å²) in [7, 11) is 0. The molecule has 0 atom stereocenters. The van der Waals surface area contributed by atoms with Crippen LogP contribution in [0.1, 0.15) is 32.8 Å². The average molecular weight is 288 g/mol. The summed E-state index contributed by atoms with van der Waals surface area (Å²) in [6.45, 7) is 9.09. The van der Waals surface area contributed by atoms with Crippen LogP contribution in [0, 0.1) is 0 Å². The first-order valence-corrected chi connectivity index (χ1v) is 7.65. The van der Waals surface area contributed by atoms with Gasteiger partial charge in [-0.2, -0.15) is 0 Å². The molecular weight excluding hydrogens is 264 g/mol. The van der Waals surface area contributed by atoms with Gasteiger partial charge in [-0.1, -0.05) is 26.0 Å². The van der Waals surface area contributed by atoms with Crippen LogP contribution in [0.15, 0.2) is 24.4 Å². The molecule has 114 valence electrons. The van der Waals surface area contributed by atoms with Gasteiger partial charge in [0.2, 0.25) is 0 Å². The van der Waals surface area contributed by atoms with Gasteiger partial charge in [0.05, 0.1) is 5.52 Å². The molecule has 0 aliphatic heterocycles. The second-order valence-corrected chi connectivity index (χ2v) is 5.27. The van der Waals surface area contributed by atoms with Crippen LogP contribution in [0.25, 0.3) is 10.9 Å². The minimum absolute atomic E-state index is 0.293. The lowest BCUT2D eigenvalue weighted by molar-refractivity contribution is -0.131. The zero-order valence-electron chi connectivity index (χ0n) is 13.1. The predicted octanol–water partition coefficient (Wildman–Crippen LogP) is 3.37. The SMILES string of the molecule is CCCN(CC)CCc1c[nH]c2c(OC(C)=O)cccc12. The Morgan fingerprint density at radius 3 is 2.76 bits per heavy atom. The summed E-state index contributed by atoms with van der Waals surface area (Å²) in [4.78, 5) is 16.8. The van der Waals surface area contributed by atoms with Crippen molar-refractivity contribution in [3.05, 3.63) is 30.0 Å². The highest BCUT2D eigenvalue weighted by atomic mass is 16.5. The van der Waals surface area contributed by atoms with Crippen molar-refractivity contribution in [3.63, 3.8) is 0 Å². The standard InChI is InChI=1S/C17H24N2O2/c1-4-10-19(5-2)11-9-14-12-18-17-15(14)7-6-8-16(17)21-13(3)20/h6-8,12,18H,4-5,9-11H2,1-3H3. The van der Waals surface area contributed by atoms with E-state index in [1.165, 1.54) is 18.9 Å². The maximum atomic E-state index is 11.1. The number of H-pyrrole nitrogens is 1. The Bertz CT molecular complexity index is 604. The molecule has 1 aromatic heterocycles. The number of ether oxygens (including phenoxy) is 1. The van der Waals surface area contributed by atoms with Crippen molar-refractivity contribution < 1.29 is 9.53 Å². The first-order chi connectivity index (χ1) is 10.2. The van der Waals surface area contributed by atoms with Gasteiger partial charge in [-0.05, 0) is 37.6 Å². The normalized spacial score (nSPS) is 11.2. The van der Waals surface area contributed by atoms with Crippen LogP contribution in [0.3, 0.4) is 0 Å². The maximum absolute atomic E-state index is 11.1. The minimum Gasteiger partial charge on any atom is -0.424 e. The van der Waals surface area contributed by atoms with E-state index in [9.17, 15) is 4.79 Å². The monoisotopic (exact) mass is 288 g/mol. The third-order valence-corrected chi connectivity index (χ3v) is 3.70. The summed E-state index contributed by atoms with van der Waals surface area (Å²) >= 11 is 0. The predicted molar refractivity (Wildman–Crippen MR) is 85.7 cm³/mol. The largest absolute Gasteiger partial charge is 0.424 e. The molecular formula is C17H24N2O2. The van der Waals surface area contributed by atoms with Gasteiger partial charge in [0, 0.05) is 25.1 Å². The lowest BCUT2D eigenvalue weighted by Crippen LogP contribution is -2.26. The number of nitrogens with zero attached hydrogens (tertiary/aromatic N) is 1. The summed E-state index contributed by atoms with van der Waals surface area (Å²) in [5.74, 6) is 0.311. The summed E-state index contributed by atoms with van der Waals surface area (Å²) in [5.41, 5.74) is 2.18. The Morgan fingerprint density at radius 2 is 2.10 bits per heavy atom. The van der Waals surface area contributed by atoms with Crippen LogP contribution in [0.5, 0.6) is 5.75 Å². The van der Waals surface area contributed by atoms with Crippen LogP contribution >= 0.6 is 0 Å². The van der Waals surface area contributed by atoms with Gasteiger partial charge in [0.15, 0.2) is 5.75 Å². The minimum atomic E-state index is -0.293. The van der Waals surface area contributed by atoms with Crippen molar-refractivity contribution in [2.24, 2.45) is 0 Å². The molecule has 0 bridgehead atoms. The van der Waals surface area contributed by atoms with Crippen molar-refractivity contribution >= 4 is 16.9 Å². The Hall–Kier alpha value is -1.81. The molecule has 4 heteroatoms. The van der Waals surface area contributed by atoms with Crippen molar-refractivity contribution in [2.45, 2.75) is 33.6 Å². The molecule has 0 aliphatic carbocycles. The fraction of sp³-hybridized carbons (Fsp3) is 0.471. The highest BCUT2D eigenvalue weighted by molar-refractivity contribution is 5.90. The van der Waals surface area contributed by atoms with E-state index in [-0.39, 0.29) is 5.97 Å². The second-order valence-electron chi connectivity index (χ2n) is 5.27. The number of hydrogen-bond donors (Lipinski definition) is 1. The Morgan fingerprint density at radius 1 is 1.29 bits per heavy atom. The van der Waals surface area contributed by atoms with Crippen LogP contribution in [-0.4, -0.2) is 35.5 Å². The van der Waals surface area contributed by atoms with Crippen molar-refractivity contribution in [1.29, 1.82) is 0 Å². The van der Waals surface area contributed by atoms with Crippen LogP contribution in [-0.2, 0) is 11.2 Å². The van der Waals surface area contributed by atoms with Gasteiger partial charge in [0.25, 0.3) is 0 Å². The number of benzene rings is 1. The Kier molecular flexibility index (Phi) is 5.39. The van der Waals surface area contributed by atoms with Crippen molar-refractivity contribution in [3.8, 4) is 5.75 Å². The number of likely N-dealkylation sites (N-methyl/N-ethyl adjacent to an activating group) is 1. The number of aromatic nitrogens is 1. The Balaban J connectivity index is 2.16. The number of aromatic amines is 1. The van der Waals surface area contributed by atoms with E-state index in [1.807, 2.05) is 18.3 Å². The van der Waals surface area contributed by atoms with Gasteiger partial charge in [-0.15, -0.1) is 0 Å². The zero-order chi connectivity index (χ0) is 15.2. The van der Waals surface area contributed by atoms with E-state index in [1.54, 1.807) is 0 Å². The topological polar surface area (TPSA) is 45.3 Å². The summed E-state index contributed by atoms with van der Waals surface area (Å²) in [6.07, 6.45) is 4.20. The number of carbonyl (C=O) groups excluding carboxylic acids is 1. The molecule has 2 aromatic rings. The molecule has 1 heterocycles. The molecule has 1 aromatic carbocycles. The van der Waals surface area contributed by atoms with Crippen molar-refractivity contribution in [2.75, 3.05) is 19.6 Å². The smallest absolute Gasteiger partial charge is 0.308 e. The molecule has 0 radical (unpaired) electrons. The Labute approximate surface area is 126 Å². The molecule has 21 heavy (non-hydrogen) atoms. The third kappa shape index (κ3) is 3.85. The number of nitrogens with one attached hydrogen (secondary N) is 1. The van der Waals surface area contributed by atoms with Crippen LogP contribution in [0.4, 0.5) is 0 Å². The summed E-state index contributed by atoms with van der Waals surface area (Å²) in [6, 6.07) is 5.82. The highest BCUT2D eigenvalue weighted by Crippen LogP contribution is 2.27. The molecule has 1 N–H and O–H groups in total. The molecule has 0 fully saturated rings. The molecule has 2 rings (SSSR count). The summed E-state index contributed by atoms with van der Waals surface area (Å²) in [5, 5.41) is 1.14. The van der Waals surface area contributed by atoms with Gasteiger partial charge in [0.1, 0.15) is 0 Å².